The van der Waals surface area contributed by atoms with Crippen molar-refractivity contribution in [3.8, 4) is 11.1 Å². The summed E-state index contributed by atoms with van der Waals surface area (Å²) >= 11 is 0. The second-order valence-corrected chi connectivity index (χ2v) is 13.5. The molecular weight excluding hydrogens is 656 g/mol. The van der Waals surface area contributed by atoms with Gasteiger partial charge in [-0.25, -0.2) is 19.2 Å². The monoisotopic (exact) mass is 700 g/mol. The Bertz CT molecular complexity index is 1700. The van der Waals surface area contributed by atoms with E-state index in [9.17, 15) is 28.8 Å². The van der Waals surface area contributed by atoms with E-state index in [0.29, 0.717) is 30.5 Å². The van der Waals surface area contributed by atoms with Crippen LogP contribution in [0.4, 0.5) is 9.59 Å². The van der Waals surface area contributed by atoms with Gasteiger partial charge in [-0.1, -0.05) is 92.7 Å². The molecule has 0 radical (unpaired) electrons. The second-order valence-electron chi connectivity index (χ2n) is 13.5. The number of nitrogens with zero attached hydrogens (tertiary/aromatic N) is 1. The Labute approximate surface area is 297 Å². The number of esters is 2. The minimum absolute atomic E-state index is 0.0414. The van der Waals surface area contributed by atoms with Crippen LogP contribution in [-0.2, 0) is 35.1 Å². The summed E-state index contributed by atoms with van der Waals surface area (Å²) in [4.78, 5) is 77.2. The van der Waals surface area contributed by atoms with Crippen LogP contribution in [0.15, 0.2) is 78.9 Å². The summed E-state index contributed by atoms with van der Waals surface area (Å²) in [5.74, 6) is -2.54. The van der Waals surface area contributed by atoms with E-state index < -0.39 is 66.6 Å². The number of hydrogen-bond acceptors (Lipinski definition) is 10. The number of rotatable bonds is 13. The molecule has 2 amide bonds. The van der Waals surface area contributed by atoms with Gasteiger partial charge >= 0.3 is 24.1 Å². The molecule has 1 heterocycles. The number of likely N-dealkylation sites (tertiary alicyclic amines) is 1. The topological polar surface area (TPSA) is 155 Å². The molecule has 4 rings (SSSR count). The second kappa shape index (κ2) is 17.4. The summed E-state index contributed by atoms with van der Waals surface area (Å²) in [7, 11) is 0. The first-order valence-electron chi connectivity index (χ1n) is 16.8. The van der Waals surface area contributed by atoms with Gasteiger partial charge in [0, 0.05) is 17.7 Å². The lowest BCUT2D eigenvalue weighted by molar-refractivity contribution is -0.147. The van der Waals surface area contributed by atoms with Crippen molar-refractivity contribution in [3.05, 3.63) is 95.6 Å². The number of hydrogen-bond donors (Lipinski definition) is 1. The van der Waals surface area contributed by atoms with Crippen LogP contribution < -0.4 is 5.32 Å². The molecule has 0 aliphatic carbocycles. The minimum Gasteiger partial charge on any atom is -0.456 e. The van der Waals surface area contributed by atoms with Gasteiger partial charge in [0.05, 0.1) is 0 Å². The number of alkyl carbamates (subject to hydrolysis) is 1. The normalized spacial score (nSPS) is 14.7. The summed E-state index contributed by atoms with van der Waals surface area (Å²) in [6.07, 6.45) is -0.304. The van der Waals surface area contributed by atoms with Crippen molar-refractivity contribution in [2.45, 2.75) is 71.8 Å². The Morgan fingerprint density at radius 3 is 1.84 bits per heavy atom. The lowest BCUT2D eigenvalue weighted by atomic mass is 10.0. The molecular formula is C39H44N2O10. The zero-order valence-electron chi connectivity index (χ0n) is 29.5. The van der Waals surface area contributed by atoms with Gasteiger partial charge in [0.25, 0.3) is 0 Å². The fourth-order valence-corrected chi connectivity index (χ4v) is 5.26. The standard InChI is InChI=1S/C39H44N2O10/c1-25(2)34(40-37(46)50-22-26-10-7-6-8-11-26)36(45)49-24-33(43)30-19-15-28(16-20-30)27-13-17-29(18-14-27)32(42)23-48-35(44)31-12-9-21-41(31)38(47)51-39(3,4)5/h6-8,10-11,13-20,25,31,34H,9,12,21-24H2,1-5H3,(H,40,46). The Morgan fingerprint density at radius 1 is 0.765 bits per heavy atom. The van der Waals surface area contributed by atoms with Gasteiger partial charge in [-0.3, -0.25) is 14.5 Å². The number of Topliss-reactive ketones (excluding diaryl/α,β-unsaturated/α-hetero) is 2. The highest BCUT2D eigenvalue weighted by atomic mass is 16.6. The number of ether oxygens (including phenoxy) is 4. The molecule has 3 aromatic carbocycles. The van der Waals surface area contributed by atoms with E-state index >= 15 is 0 Å². The lowest BCUT2D eigenvalue weighted by Crippen LogP contribution is -2.45. The van der Waals surface area contributed by atoms with E-state index in [1.165, 1.54) is 4.90 Å². The molecule has 1 fully saturated rings. The molecule has 1 N–H and O–H groups in total. The van der Waals surface area contributed by atoms with E-state index in [2.05, 4.69) is 5.32 Å². The molecule has 1 saturated heterocycles. The van der Waals surface area contributed by atoms with Crippen molar-refractivity contribution < 1.29 is 47.7 Å². The van der Waals surface area contributed by atoms with Crippen molar-refractivity contribution in [3.63, 3.8) is 0 Å². The van der Waals surface area contributed by atoms with Crippen molar-refractivity contribution in [2.75, 3.05) is 19.8 Å². The molecule has 0 aromatic heterocycles. The van der Waals surface area contributed by atoms with Crippen LogP contribution in [-0.4, -0.2) is 78.0 Å². The van der Waals surface area contributed by atoms with E-state index in [1.54, 1.807) is 83.1 Å². The molecule has 1 aliphatic rings. The third-order valence-corrected chi connectivity index (χ3v) is 8.00. The molecule has 51 heavy (non-hydrogen) atoms. The van der Waals surface area contributed by atoms with Gasteiger partial charge in [-0.2, -0.15) is 0 Å². The van der Waals surface area contributed by atoms with E-state index in [1.807, 2.05) is 30.3 Å². The van der Waals surface area contributed by atoms with Gasteiger partial charge in [-0.05, 0) is 56.2 Å². The van der Waals surface area contributed by atoms with Gasteiger partial charge in [0.2, 0.25) is 0 Å². The number of carbonyl (C=O) groups excluding carboxylic acids is 6. The first-order valence-corrected chi connectivity index (χ1v) is 16.8. The molecule has 2 atom stereocenters. The summed E-state index contributed by atoms with van der Waals surface area (Å²) in [5, 5.41) is 2.51. The van der Waals surface area contributed by atoms with Crippen molar-refractivity contribution in [2.24, 2.45) is 5.92 Å². The summed E-state index contributed by atoms with van der Waals surface area (Å²) in [6, 6.07) is 20.7. The molecule has 1 aliphatic heterocycles. The molecule has 12 nitrogen and oxygen atoms in total. The number of benzene rings is 3. The maximum Gasteiger partial charge on any atom is 0.411 e. The van der Waals surface area contributed by atoms with Crippen LogP contribution in [0.2, 0.25) is 0 Å². The Hall–Kier alpha value is -5.52. The van der Waals surface area contributed by atoms with Crippen molar-refractivity contribution in [1.82, 2.24) is 10.2 Å². The predicted octanol–water partition coefficient (Wildman–Crippen LogP) is 6.16. The van der Waals surface area contributed by atoms with Crippen molar-refractivity contribution >= 4 is 35.7 Å². The maximum atomic E-state index is 12.8. The first-order chi connectivity index (χ1) is 24.2. The lowest BCUT2D eigenvalue weighted by Gasteiger charge is -2.27. The first kappa shape index (κ1) is 38.3. The Morgan fingerprint density at radius 2 is 1.31 bits per heavy atom. The zero-order valence-corrected chi connectivity index (χ0v) is 29.5. The average molecular weight is 701 g/mol. The van der Waals surface area contributed by atoms with Crippen LogP contribution in [0, 0.1) is 5.92 Å². The fraction of sp³-hybridized carbons (Fsp3) is 0.385. The maximum absolute atomic E-state index is 12.8. The summed E-state index contributed by atoms with van der Waals surface area (Å²) < 4.78 is 21.1. The zero-order chi connectivity index (χ0) is 37.1. The highest BCUT2D eigenvalue weighted by Gasteiger charge is 2.38. The van der Waals surface area contributed by atoms with Crippen molar-refractivity contribution in [1.29, 1.82) is 0 Å². The highest BCUT2D eigenvalue weighted by Crippen LogP contribution is 2.23. The van der Waals surface area contributed by atoms with Gasteiger partial charge in [0.1, 0.15) is 24.3 Å². The molecule has 3 aromatic rings. The number of carbonyl (C=O) groups is 6. The SMILES string of the molecule is CC(C)C(NC(=O)OCc1ccccc1)C(=O)OCC(=O)c1ccc(-c2ccc(C(=O)COC(=O)C3CCCN3C(=O)OC(C)(C)C)cc2)cc1. The van der Waals surface area contributed by atoms with Gasteiger partial charge in [-0.15, -0.1) is 0 Å². The molecule has 12 heteroatoms. The van der Waals surface area contributed by atoms with E-state index in [0.717, 1.165) is 16.7 Å². The average Bonchev–Trinajstić information content (AvgIpc) is 3.61. The minimum atomic E-state index is -1.01. The molecule has 0 spiro atoms. The van der Waals surface area contributed by atoms with Crippen LogP contribution in [0.5, 0.6) is 0 Å². The van der Waals surface area contributed by atoms with Crippen LogP contribution >= 0.6 is 0 Å². The summed E-state index contributed by atoms with van der Waals surface area (Å²) in [5.41, 5.74) is 2.31. The van der Waals surface area contributed by atoms with E-state index in [4.69, 9.17) is 18.9 Å². The third-order valence-electron chi connectivity index (χ3n) is 8.00. The van der Waals surface area contributed by atoms with Gasteiger partial charge < -0.3 is 24.3 Å². The van der Waals surface area contributed by atoms with Crippen LogP contribution in [0.25, 0.3) is 11.1 Å². The fourth-order valence-electron chi connectivity index (χ4n) is 5.26. The largest absolute Gasteiger partial charge is 0.456 e. The third kappa shape index (κ3) is 11.2. The molecule has 2 unspecified atom stereocenters. The smallest absolute Gasteiger partial charge is 0.411 e. The summed E-state index contributed by atoms with van der Waals surface area (Å²) in [6.45, 7) is 8.15. The molecule has 0 saturated carbocycles. The molecule has 270 valence electrons. The van der Waals surface area contributed by atoms with E-state index in [-0.39, 0.29) is 12.5 Å². The predicted molar refractivity (Wildman–Crippen MR) is 187 cm³/mol. The highest BCUT2D eigenvalue weighted by molar-refractivity contribution is 5.99. The number of amides is 2. The van der Waals surface area contributed by atoms with Gasteiger partial charge in [0.15, 0.2) is 24.8 Å². The van der Waals surface area contributed by atoms with Crippen LogP contribution in [0.1, 0.15) is 73.7 Å². The Balaban J connectivity index is 1.24. The quantitative estimate of drug-likeness (QED) is 0.125. The molecule has 0 bridgehead atoms. The van der Waals surface area contributed by atoms with Crippen LogP contribution in [0.3, 0.4) is 0 Å². The Kier molecular flexibility index (Phi) is 13.1. The number of nitrogens with one attached hydrogen (secondary N) is 1. The number of ketones is 2.